The molecule has 1 aromatic carbocycles. The highest BCUT2D eigenvalue weighted by molar-refractivity contribution is 6.74. The molecule has 27 heavy (non-hydrogen) atoms. The number of fused-ring (bicyclic) bond motifs is 1. The number of nitrogens with zero attached hydrogens (tertiary/aromatic N) is 1. The number of H-pyrrole nitrogens is 1. The van der Waals surface area contributed by atoms with Crippen LogP contribution in [-0.2, 0) is 4.74 Å². The van der Waals surface area contributed by atoms with Crippen LogP contribution in [0.5, 0.6) is 5.75 Å². The van der Waals surface area contributed by atoms with Crippen LogP contribution in [0.4, 0.5) is 4.39 Å². The zero-order valence-corrected chi connectivity index (χ0v) is 16.8. The van der Waals surface area contributed by atoms with Gasteiger partial charge in [-0.25, -0.2) is 9.59 Å². The van der Waals surface area contributed by atoms with E-state index in [0.717, 1.165) is 10.8 Å². The van der Waals surface area contributed by atoms with Crippen molar-refractivity contribution < 1.29 is 18.3 Å². The first-order chi connectivity index (χ1) is 12.4. The van der Waals surface area contributed by atoms with Crippen molar-refractivity contribution in [3.05, 3.63) is 62.2 Å². The molecule has 0 aliphatic carbocycles. The third kappa shape index (κ3) is 3.34. The van der Waals surface area contributed by atoms with Crippen LogP contribution in [0.3, 0.4) is 0 Å². The van der Waals surface area contributed by atoms with Crippen molar-refractivity contribution in [1.82, 2.24) is 9.55 Å². The number of carbonyl (C=O) groups is 1. The minimum Gasteiger partial charge on any atom is -0.543 e. The smallest absolute Gasteiger partial charge is 0.340 e. The van der Waals surface area contributed by atoms with Crippen LogP contribution < -0.4 is 15.7 Å². The Bertz CT molecular complexity index is 1040. The van der Waals surface area contributed by atoms with Crippen LogP contribution >= 0.6 is 0 Å². The number of carbonyl (C=O) groups excluding carboxylic acids is 1. The average molecular weight is 392 g/mol. The lowest BCUT2D eigenvalue weighted by Gasteiger charge is -2.36. The van der Waals surface area contributed by atoms with Crippen LogP contribution in [0, 0.1) is 5.82 Å². The number of benzene rings is 1. The predicted octanol–water partition coefficient (Wildman–Crippen LogP) is 2.78. The number of aromatic nitrogens is 2. The van der Waals surface area contributed by atoms with E-state index in [-0.39, 0.29) is 10.6 Å². The van der Waals surface area contributed by atoms with Gasteiger partial charge in [-0.1, -0.05) is 20.8 Å². The highest BCUT2D eigenvalue weighted by Crippen LogP contribution is 2.39. The summed E-state index contributed by atoms with van der Waals surface area (Å²) in [6, 6.07) is 4.87. The Morgan fingerprint density at radius 1 is 1.22 bits per heavy atom. The molecule has 1 aliphatic rings. The SMILES string of the molecule is CC(C)(C)[Si](C)(C)Oc1ccc2c(c1)C(n1cc(F)c(=O)[nH]c1=O)OC2=O. The molecule has 1 atom stereocenters. The summed E-state index contributed by atoms with van der Waals surface area (Å²) in [4.78, 5) is 37.3. The van der Waals surface area contributed by atoms with Crippen molar-refractivity contribution in [3.8, 4) is 5.75 Å². The van der Waals surface area contributed by atoms with Gasteiger partial charge in [0, 0.05) is 5.56 Å². The molecule has 0 bridgehead atoms. The third-order valence-electron chi connectivity index (χ3n) is 5.08. The molecule has 1 unspecified atom stereocenters. The molecule has 0 spiro atoms. The standard InChI is InChI=1S/C18H21FN2O5Si/c1-18(2,3)27(4,5)26-10-6-7-11-12(8-10)15(25-16(11)23)21-9-13(19)14(22)20-17(21)24/h6-9,15H,1-5H3,(H,20,22,24). The van der Waals surface area contributed by atoms with Gasteiger partial charge in [0.05, 0.1) is 11.8 Å². The van der Waals surface area contributed by atoms with Gasteiger partial charge in [0.1, 0.15) is 5.75 Å². The van der Waals surface area contributed by atoms with Crippen LogP contribution in [0.15, 0.2) is 34.0 Å². The van der Waals surface area contributed by atoms with Crippen LogP contribution in [-0.4, -0.2) is 23.8 Å². The fraction of sp³-hybridized carbons (Fsp3) is 0.389. The van der Waals surface area contributed by atoms with Crippen molar-refractivity contribution >= 4 is 14.3 Å². The number of aromatic amines is 1. The molecule has 144 valence electrons. The number of halogens is 1. The van der Waals surface area contributed by atoms with Gasteiger partial charge in [0.25, 0.3) is 5.56 Å². The second-order valence-corrected chi connectivity index (χ2v) is 12.7. The Morgan fingerprint density at radius 2 is 1.89 bits per heavy atom. The minimum atomic E-state index is -2.13. The Balaban J connectivity index is 2.06. The summed E-state index contributed by atoms with van der Waals surface area (Å²) in [5.74, 6) is -1.23. The van der Waals surface area contributed by atoms with E-state index in [9.17, 15) is 18.8 Å². The second-order valence-electron chi connectivity index (χ2n) is 8.01. The lowest BCUT2D eigenvalue weighted by Crippen LogP contribution is -2.43. The highest BCUT2D eigenvalue weighted by atomic mass is 28.4. The molecule has 0 fully saturated rings. The predicted molar refractivity (Wildman–Crippen MR) is 99.1 cm³/mol. The summed E-state index contributed by atoms with van der Waals surface area (Å²) >= 11 is 0. The summed E-state index contributed by atoms with van der Waals surface area (Å²) in [6.45, 7) is 10.5. The summed E-state index contributed by atoms with van der Waals surface area (Å²) in [5.41, 5.74) is -1.36. The van der Waals surface area contributed by atoms with E-state index in [4.69, 9.17) is 9.16 Å². The summed E-state index contributed by atoms with van der Waals surface area (Å²) in [5, 5.41) is -0.0310. The number of hydrogen-bond acceptors (Lipinski definition) is 5. The lowest BCUT2D eigenvalue weighted by molar-refractivity contribution is 0.0306. The molecular formula is C18H21FN2O5Si. The molecule has 0 radical (unpaired) electrons. The molecule has 9 heteroatoms. The van der Waals surface area contributed by atoms with E-state index >= 15 is 0 Å². The molecular weight excluding hydrogens is 371 g/mol. The van der Waals surface area contributed by atoms with E-state index in [1.165, 1.54) is 0 Å². The van der Waals surface area contributed by atoms with Crippen LogP contribution in [0.1, 0.15) is 42.9 Å². The number of esters is 1. The number of nitrogens with one attached hydrogen (secondary N) is 1. The number of ether oxygens (including phenoxy) is 1. The normalized spacial score (nSPS) is 16.8. The summed E-state index contributed by atoms with van der Waals surface area (Å²) < 4.78 is 26.0. The molecule has 2 heterocycles. The maximum Gasteiger partial charge on any atom is 0.340 e. The Labute approximate surface area is 155 Å². The van der Waals surface area contributed by atoms with Crippen molar-refractivity contribution in [3.63, 3.8) is 0 Å². The van der Waals surface area contributed by atoms with E-state index < -0.39 is 37.6 Å². The second kappa shape index (κ2) is 6.19. The highest BCUT2D eigenvalue weighted by Gasteiger charge is 2.40. The third-order valence-corrected chi connectivity index (χ3v) is 9.44. The van der Waals surface area contributed by atoms with Gasteiger partial charge in [0.2, 0.25) is 20.4 Å². The van der Waals surface area contributed by atoms with E-state index in [1.54, 1.807) is 18.2 Å². The van der Waals surface area contributed by atoms with Crippen LogP contribution in [0.25, 0.3) is 0 Å². The van der Waals surface area contributed by atoms with Crippen LogP contribution in [0.2, 0.25) is 18.1 Å². The van der Waals surface area contributed by atoms with Gasteiger partial charge >= 0.3 is 11.7 Å². The molecule has 0 saturated heterocycles. The van der Waals surface area contributed by atoms with Crippen molar-refractivity contribution in [1.29, 1.82) is 0 Å². The van der Waals surface area contributed by atoms with E-state index in [2.05, 4.69) is 33.9 Å². The molecule has 2 aromatic rings. The van der Waals surface area contributed by atoms with Gasteiger partial charge in [-0.05, 0) is 36.3 Å². The first-order valence-corrected chi connectivity index (χ1v) is 11.4. The van der Waals surface area contributed by atoms with Crippen molar-refractivity contribution in [2.75, 3.05) is 0 Å². The Hall–Kier alpha value is -2.68. The zero-order valence-electron chi connectivity index (χ0n) is 15.8. The maximum atomic E-state index is 13.7. The van der Waals surface area contributed by atoms with Crippen molar-refractivity contribution in [2.45, 2.75) is 45.1 Å². The summed E-state index contributed by atoms with van der Waals surface area (Å²) in [7, 11) is -2.13. The molecule has 1 aliphatic heterocycles. The van der Waals surface area contributed by atoms with E-state index in [1.807, 2.05) is 4.98 Å². The largest absolute Gasteiger partial charge is 0.543 e. The molecule has 7 nitrogen and oxygen atoms in total. The average Bonchev–Trinajstić information content (AvgIpc) is 2.86. The lowest BCUT2D eigenvalue weighted by atomic mass is 10.1. The fourth-order valence-electron chi connectivity index (χ4n) is 2.51. The number of rotatable bonds is 3. The number of cyclic esters (lactones) is 1. The molecule has 3 rings (SSSR count). The maximum absolute atomic E-state index is 13.7. The Kier molecular flexibility index (Phi) is 4.38. The minimum absolute atomic E-state index is 0.0310. The monoisotopic (exact) mass is 392 g/mol. The fourth-order valence-corrected chi connectivity index (χ4v) is 3.53. The first-order valence-electron chi connectivity index (χ1n) is 8.45. The molecule has 0 amide bonds. The zero-order chi connectivity index (χ0) is 20.1. The molecule has 1 aromatic heterocycles. The molecule has 1 N–H and O–H groups in total. The van der Waals surface area contributed by atoms with Gasteiger partial charge in [0.15, 0.2) is 0 Å². The number of hydrogen-bond donors (Lipinski definition) is 1. The first kappa shape index (κ1) is 19.1. The van der Waals surface area contributed by atoms with E-state index in [0.29, 0.717) is 11.3 Å². The van der Waals surface area contributed by atoms with Gasteiger partial charge < -0.3 is 9.16 Å². The topological polar surface area (TPSA) is 90.4 Å². The van der Waals surface area contributed by atoms with Gasteiger partial charge in [-0.3, -0.25) is 14.3 Å². The van der Waals surface area contributed by atoms with Gasteiger partial charge in [-0.15, -0.1) is 0 Å². The van der Waals surface area contributed by atoms with Gasteiger partial charge in [-0.2, -0.15) is 4.39 Å². The summed E-state index contributed by atoms with van der Waals surface area (Å²) in [6.07, 6.45) is -0.440. The van der Waals surface area contributed by atoms with Crippen molar-refractivity contribution in [2.24, 2.45) is 0 Å². The molecule has 0 saturated carbocycles. The Morgan fingerprint density at radius 3 is 2.52 bits per heavy atom. The quantitative estimate of drug-likeness (QED) is 0.641.